The fourth-order valence-electron chi connectivity index (χ4n) is 0.463. The first kappa shape index (κ1) is 10.2. The van der Waals surface area contributed by atoms with Gasteiger partial charge in [0.15, 0.2) is 0 Å². The van der Waals surface area contributed by atoms with Crippen LogP contribution in [0.25, 0.3) is 0 Å². The summed E-state index contributed by atoms with van der Waals surface area (Å²) in [6.07, 6.45) is 3.09. The van der Waals surface area contributed by atoms with Crippen molar-refractivity contribution in [2.75, 3.05) is 12.4 Å². The quantitative estimate of drug-likeness (QED) is 0.708. The second-order valence-corrected chi connectivity index (χ2v) is 1.86. The lowest BCUT2D eigenvalue weighted by Crippen LogP contribution is -1.92. The van der Waals surface area contributed by atoms with Gasteiger partial charge in [-0.15, -0.1) is 0 Å². The average molecular weight is 174 g/mol. The number of nitrogens with zero attached hydrogens (tertiary/aromatic N) is 2. The summed E-state index contributed by atoms with van der Waals surface area (Å²) < 4.78 is 0. The average Bonchev–Trinajstić information content (AvgIpc) is 2.08. The zero-order valence-corrected chi connectivity index (χ0v) is 7.68. The Balaban J connectivity index is 0.000000461. The summed E-state index contributed by atoms with van der Waals surface area (Å²) in [5.41, 5.74) is 0. The second-order valence-electron chi connectivity index (χ2n) is 1.48. The summed E-state index contributed by atoms with van der Waals surface area (Å²) >= 11 is 5.51. The standard InChI is InChI=1S/C5H6ClN3.C2H6/c1-7-5-3-8-2-4(6)9-5;1-2/h2-3H,1H3,(H,7,9);1-2H3. The molecule has 1 aromatic heterocycles. The van der Waals surface area contributed by atoms with E-state index in [2.05, 4.69) is 15.3 Å². The van der Waals surface area contributed by atoms with Gasteiger partial charge in [-0.05, 0) is 0 Å². The Hall–Kier alpha value is -0.830. The Labute approximate surface area is 71.8 Å². The van der Waals surface area contributed by atoms with Crippen molar-refractivity contribution in [2.45, 2.75) is 13.8 Å². The first-order chi connectivity index (χ1) is 5.33. The van der Waals surface area contributed by atoms with E-state index >= 15 is 0 Å². The Morgan fingerprint density at radius 1 is 1.36 bits per heavy atom. The van der Waals surface area contributed by atoms with Gasteiger partial charge in [0.1, 0.15) is 11.0 Å². The predicted octanol–water partition coefficient (Wildman–Crippen LogP) is 2.20. The minimum Gasteiger partial charge on any atom is -0.372 e. The van der Waals surface area contributed by atoms with Gasteiger partial charge in [0.2, 0.25) is 0 Å². The molecule has 3 nitrogen and oxygen atoms in total. The molecule has 0 aliphatic carbocycles. The molecule has 0 aromatic carbocycles. The number of nitrogens with one attached hydrogen (secondary N) is 1. The fraction of sp³-hybridized carbons (Fsp3) is 0.429. The number of anilines is 1. The molecular formula is C7H12ClN3. The minimum atomic E-state index is 0.404. The molecule has 1 aromatic rings. The van der Waals surface area contributed by atoms with Crippen LogP contribution in [-0.4, -0.2) is 17.0 Å². The maximum absolute atomic E-state index is 5.51. The van der Waals surface area contributed by atoms with E-state index in [9.17, 15) is 0 Å². The van der Waals surface area contributed by atoms with E-state index in [1.807, 2.05) is 13.8 Å². The summed E-state index contributed by atoms with van der Waals surface area (Å²) in [4.78, 5) is 7.68. The third-order valence-electron chi connectivity index (χ3n) is 0.861. The monoisotopic (exact) mass is 173 g/mol. The molecule has 0 spiro atoms. The van der Waals surface area contributed by atoms with Gasteiger partial charge in [-0.25, -0.2) is 4.98 Å². The van der Waals surface area contributed by atoms with Crippen molar-refractivity contribution in [3.05, 3.63) is 17.5 Å². The Morgan fingerprint density at radius 3 is 2.36 bits per heavy atom. The molecule has 0 saturated carbocycles. The van der Waals surface area contributed by atoms with Crippen LogP contribution in [0.1, 0.15) is 13.8 Å². The number of hydrogen-bond donors (Lipinski definition) is 1. The molecule has 1 N–H and O–H groups in total. The molecule has 0 radical (unpaired) electrons. The van der Waals surface area contributed by atoms with Crippen molar-refractivity contribution in [2.24, 2.45) is 0 Å². The highest BCUT2D eigenvalue weighted by Gasteiger charge is 1.89. The van der Waals surface area contributed by atoms with Crippen molar-refractivity contribution in [3.8, 4) is 0 Å². The molecule has 0 aliphatic rings. The van der Waals surface area contributed by atoms with Crippen LogP contribution in [0.5, 0.6) is 0 Å². The van der Waals surface area contributed by atoms with Gasteiger partial charge in [0.05, 0.1) is 12.4 Å². The molecule has 1 rings (SSSR count). The molecule has 0 unspecified atom stereocenters. The van der Waals surface area contributed by atoms with Gasteiger partial charge in [-0.2, -0.15) is 0 Å². The van der Waals surface area contributed by atoms with Crippen molar-refractivity contribution in [1.29, 1.82) is 0 Å². The van der Waals surface area contributed by atoms with Crippen LogP contribution in [0.4, 0.5) is 5.82 Å². The molecule has 0 saturated heterocycles. The van der Waals surface area contributed by atoms with Gasteiger partial charge in [-0.1, -0.05) is 25.4 Å². The van der Waals surface area contributed by atoms with E-state index in [1.54, 1.807) is 13.2 Å². The minimum absolute atomic E-state index is 0.404. The molecule has 11 heavy (non-hydrogen) atoms. The zero-order valence-electron chi connectivity index (χ0n) is 6.93. The zero-order chi connectivity index (χ0) is 8.69. The first-order valence-electron chi connectivity index (χ1n) is 3.48. The maximum atomic E-state index is 5.51. The van der Waals surface area contributed by atoms with Crippen molar-refractivity contribution in [3.63, 3.8) is 0 Å². The molecule has 0 atom stereocenters. The van der Waals surface area contributed by atoms with Gasteiger partial charge < -0.3 is 5.32 Å². The normalized spacial score (nSPS) is 8.00. The Kier molecular flexibility index (Phi) is 5.47. The summed E-state index contributed by atoms with van der Waals surface area (Å²) in [5, 5.41) is 3.21. The third kappa shape index (κ3) is 3.78. The van der Waals surface area contributed by atoms with Crippen LogP contribution in [0.3, 0.4) is 0 Å². The van der Waals surface area contributed by atoms with Crippen LogP contribution in [0, 0.1) is 0 Å². The van der Waals surface area contributed by atoms with E-state index in [0.717, 1.165) is 0 Å². The number of rotatable bonds is 1. The molecular weight excluding hydrogens is 162 g/mol. The smallest absolute Gasteiger partial charge is 0.149 e. The molecule has 0 aliphatic heterocycles. The van der Waals surface area contributed by atoms with Gasteiger partial charge in [0, 0.05) is 7.05 Å². The van der Waals surface area contributed by atoms with Crippen LogP contribution in [0.2, 0.25) is 5.15 Å². The molecule has 1 heterocycles. The Morgan fingerprint density at radius 2 is 2.00 bits per heavy atom. The van der Waals surface area contributed by atoms with E-state index in [4.69, 9.17) is 11.6 Å². The van der Waals surface area contributed by atoms with Crippen LogP contribution < -0.4 is 5.32 Å². The number of hydrogen-bond acceptors (Lipinski definition) is 3. The largest absolute Gasteiger partial charge is 0.372 e. The van der Waals surface area contributed by atoms with E-state index in [-0.39, 0.29) is 0 Å². The summed E-state index contributed by atoms with van der Waals surface area (Å²) in [7, 11) is 1.76. The maximum Gasteiger partial charge on any atom is 0.149 e. The lowest BCUT2D eigenvalue weighted by atomic mass is 10.7. The fourth-order valence-corrected chi connectivity index (χ4v) is 0.610. The first-order valence-corrected chi connectivity index (χ1v) is 3.86. The molecule has 0 fully saturated rings. The van der Waals surface area contributed by atoms with Gasteiger partial charge in [0.25, 0.3) is 0 Å². The second kappa shape index (κ2) is 5.92. The van der Waals surface area contributed by atoms with Gasteiger partial charge in [-0.3, -0.25) is 4.98 Å². The molecule has 62 valence electrons. The predicted molar refractivity (Wildman–Crippen MR) is 47.9 cm³/mol. The Bertz CT molecular complexity index is 203. The molecule has 4 heteroatoms. The molecule has 0 amide bonds. The van der Waals surface area contributed by atoms with E-state index in [1.165, 1.54) is 6.20 Å². The lowest BCUT2D eigenvalue weighted by Gasteiger charge is -1.94. The van der Waals surface area contributed by atoms with Crippen LogP contribution in [0.15, 0.2) is 12.4 Å². The van der Waals surface area contributed by atoms with E-state index in [0.29, 0.717) is 11.0 Å². The SMILES string of the molecule is CC.CNc1cncc(Cl)n1. The topological polar surface area (TPSA) is 37.8 Å². The third-order valence-corrected chi connectivity index (χ3v) is 1.04. The highest BCUT2D eigenvalue weighted by atomic mass is 35.5. The summed E-state index contributed by atoms with van der Waals surface area (Å²) in [5.74, 6) is 0.683. The lowest BCUT2D eigenvalue weighted by molar-refractivity contribution is 1.19. The van der Waals surface area contributed by atoms with Crippen molar-refractivity contribution < 1.29 is 0 Å². The van der Waals surface area contributed by atoms with E-state index < -0.39 is 0 Å². The molecule has 0 bridgehead atoms. The highest BCUT2D eigenvalue weighted by Crippen LogP contribution is 2.04. The van der Waals surface area contributed by atoms with Crippen LogP contribution >= 0.6 is 11.6 Å². The summed E-state index contributed by atoms with van der Waals surface area (Å²) in [6.45, 7) is 4.00. The van der Waals surface area contributed by atoms with Crippen molar-refractivity contribution in [1.82, 2.24) is 9.97 Å². The summed E-state index contributed by atoms with van der Waals surface area (Å²) in [6, 6.07) is 0. The highest BCUT2D eigenvalue weighted by molar-refractivity contribution is 6.29. The number of halogens is 1. The van der Waals surface area contributed by atoms with Crippen LogP contribution in [-0.2, 0) is 0 Å². The van der Waals surface area contributed by atoms with Crippen molar-refractivity contribution >= 4 is 17.4 Å². The number of aromatic nitrogens is 2. The van der Waals surface area contributed by atoms with Gasteiger partial charge >= 0.3 is 0 Å².